The number of para-hydroxylation sites is 3. The summed E-state index contributed by atoms with van der Waals surface area (Å²) in [6.07, 6.45) is 3.81. The third-order valence-corrected chi connectivity index (χ3v) is 9.14. The fourth-order valence-electron chi connectivity index (χ4n) is 6.74. The molecular formula is C44H30N4O. The molecule has 232 valence electrons. The maximum Gasteiger partial charge on any atom is 0.137 e. The first-order valence-electron chi connectivity index (χ1n) is 16.3. The zero-order chi connectivity index (χ0) is 32.7. The van der Waals surface area contributed by atoms with E-state index in [9.17, 15) is 0 Å². The van der Waals surface area contributed by atoms with E-state index in [2.05, 4.69) is 113 Å². The van der Waals surface area contributed by atoms with Crippen LogP contribution >= 0.6 is 0 Å². The highest BCUT2D eigenvalue weighted by atomic mass is 16.3. The molecule has 8 aromatic rings. The minimum atomic E-state index is 0.375. The largest absolute Gasteiger partial charge is 0.456 e. The summed E-state index contributed by atoms with van der Waals surface area (Å²) in [5.41, 5.74) is 14.1. The maximum atomic E-state index is 8.75. The number of furan rings is 1. The summed E-state index contributed by atoms with van der Waals surface area (Å²) in [6, 6.07) is 54.3. The summed E-state index contributed by atoms with van der Waals surface area (Å²) < 4.78 is 6.26. The van der Waals surface area contributed by atoms with Gasteiger partial charge in [-0.05, 0) is 94.2 Å². The van der Waals surface area contributed by atoms with Crippen LogP contribution in [0.3, 0.4) is 0 Å². The number of benzene rings is 7. The molecule has 0 aliphatic heterocycles. The second-order valence-electron chi connectivity index (χ2n) is 12.1. The van der Waals surface area contributed by atoms with Crippen molar-refractivity contribution in [1.29, 1.82) is 5.41 Å². The van der Waals surface area contributed by atoms with E-state index in [0.717, 1.165) is 77.7 Å². The van der Waals surface area contributed by atoms with Gasteiger partial charge in [0.2, 0.25) is 0 Å². The van der Waals surface area contributed by atoms with Crippen LogP contribution in [0.15, 0.2) is 173 Å². The van der Waals surface area contributed by atoms with Crippen LogP contribution in [0, 0.1) is 5.41 Å². The molecule has 9 rings (SSSR count). The Kier molecular flexibility index (Phi) is 6.87. The molecule has 5 nitrogen and oxygen atoms in total. The summed E-state index contributed by atoms with van der Waals surface area (Å²) in [5.74, 6) is 0. The van der Waals surface area contributed by atoms with Crippen molar-refractivity contribution in [1.82, 2.24) is 0 Å². The molecule has 2 N–H and O–H groups in total. The number of allylic oxidation sites excluding steroid dienone is 1. The van der Waals surface area contributed by atoms with E-state index in [1.54, 1.807) is 0 Å². The maximum absolute atomic E-state index is 8.75. The Morgan fingerprint density at radius 3 is 2.04 bits per heavy atom. The first-order valence-corrected chi connectivity index (χ1v) is 16.3. The Labute approximate surface area is 283 Å². The molecule has 0 fully saturated rings. The molecule has 1 aromatic heterocycles. The second kappa shape index (κ2) is 11.8. The lowest BCUT2D eigenvalue weighted by Crippen LogP contribution is -2.19. The minimum Gasteiger partial charge on any atom is -0.456 e. The van der Waals surface area contributed by atoms with Gasteiger partial charge in [-0.1, -0.05) is 97.1 Å². The predicted molar refractivity (Wildman–Crippen MR) is 205 cm³/mol. The molecule has 0 spiro atoms. The number of nitrogens with zero attached hydrogens (tertiary/aromatic N) is 2. The van der Waals surface area contributed by atoms with Crippen molar-refractivity contribution in [2.75, 3.05) is 10.3 Å². The van der Waals surface area contributed by atoms with Crippen LogP contribution in [0.2, 0.25) is 0 Å². The molecule has 1 aliphatic carbocycles. The summed E-state index contributed by atoms with van der Waals surface area (Å²) in [5, 5.41) is 17.9. The van der Waals surface area contributed by atoms with Crippen LogP contribution < -0.4 is 10.3 Å². The Balaban J connectivity index is 1.11. The number of hydrogen-bond acceptors (Lipinski definition) is 5. The van der Waals surface area contributed by atoms with E-state index in [0.29, 0.717) is 11.4 Å². The molecule has 5 heteroatoms. The van der Waals surface area contributed by atoms with Crippen molar-refractivity contribution >= 4 is 73.0 Å². The van der Waals surface area contributed by atoms with Gasteiger partial charge in [0.1, 0.15) is 16.9 Å². The smallest absolute Gasteiger partial charge is 0.137 e. The highest BCUT2D eigenvalue weighted by Gasteiger charge is 2.21. The van der Waals surface area contributed by atoms with Crippen molar-refractivity contribution in [3.63, 3.8) is 0 Å². The van der Waals surface area contributed by atoms with Crippen molar-refractivity contribution in [2.24, 2.45) is 5.10 Å². The number of hydrazone groups is 1. The normalized spacial score (nSPS) is 13.3. The third kappa shape index (κ3) is 5.14. The summed E-state index contributed by atoms with van der Waals surface area (Å²) in [6.45, 7) is 0. The summed E-state index contributed by atoms with van der Waals surface area (Å²) >= 11 is 0. The zero-order valence-corrected chi connectivity index (χ0v) is 26.5. The lowest BCUT2D eigenvalue weighted by atomic mass is 9.88. The molecule has 49 heavy (non-hydrogen) atoms. The highest BCUT2D eigenvalue weighted by molar-refractivity contribution is 6.55. The van der Waals surface area contributed by atoms with Gasteiger partial charge in [0, 0.05) is 39.5 Å². The lowest BCUT2D eigenvalue weighted by molar-refractivity contribution is 0.669. The highest BCUT2D eigenvalue weighted by Crippen LogP contribution is 2.39. The number of rotatable bonds is 6. The molecule has 0 bridgehead atoms. The monoisotopic (exact) mass is 630 g/mol. The average Bonchev–Trinajstić information content (AvgIpc) is 3.53. The van der Waals surface area contributed by atoms with Crippen LogP contribution in [0.1, 0.15) is 11.1 Å². The molecule has 0 atom stereocenters. The molecule has 7 aromatic carbocycles. The Morgan fingerprint density at radius 2 is 1.20 bits per heavy atom. The van der Waals surface area contributed by atoms with Crippen LogP contribution in [-0.2, 0) is 0 Å². The molecular weight excluding hydrogens is 601 g/mol. The second-order valence-corrected chi connectivity index (χ2v) is 12.1. The van der Waals surface area contributed by atoms with E-state index in [-0.39, 0.29) is 0 Å². The fraction of sp³-hybridized carbons (Fsp3) is 0. The van der Waals surface area contributed by atoms with Gasteiger partial charge < -0.3 is 9.32 Å². The molecule has 0 amide bonds. The fourth-order valence-corrected chi connectivity index (χ4v) is 6.74. The quantitative estimate of drug-likeness (QED) is 0.180. The summed E-state index contributed by atoms with van der Waals surface area (Å²) in [7, 11) is 0. The van der Waals surface area contributed by atoms with Gasteiger partial charge >= 0.3 is 0 Å². The summed E-state index contributed by atoms with van der Waals surface area (Å²) in [4.78, 5) is 2.26. The van der Waals surface area contributed by atoms with Gasteiger partial charge in [0.05, 0.1) is 11.4 Å². The van der Waals surface area contributed by atoms with E-state index in [4.69, 9.17) is 14.9 Å². The molecule has 0 saturated carbocycles. The number of nitrogens with one attached hydrogen (secondary N) is 2. The average molecular weight is 631 g/mol. The van der Waals surface area contributed by atoms with E-state index < -0.39 is 0 Å². The standard InChI is InChI=1S/C44H30N4O/c45-40-26-21-31-17-15-30-16-18-32(27-39(30)43(31)44(40)47-46-33-9-3-1-4-10-33)29-19-22-35(23-20-29)48(34-11-5-2-6-12-34)36-24-25-38-37-13-7-8-14-41(37)49-42(38)28-36/h1-28,45-46H/b45-40?,47-44+. The molecule has 0 unspecified atom stereocenters. The SMILES string of the molecule is N=C1C=Cc2ccc3ccc(-c4ccc(N(c5ccccc5)c5ccc6c(c5)oc5ccccc56)cc4)cc3c2/C1=N/Nc1ccccc1. The Hall–Kier alpha value is -6.72. The van der Waals surface area contributed by atoms with Crippen molar-refractivity contribution in [2.45, 2.75) is 0 Å². The van der Waals surface area contributed by atoms with Gasteiger partial charge in [-0.2, -0.15) is 5.10 Å². The number of hydrogen-bond donors (Lipinski definition) is 2. The molecule has 0 saturated heterocycles. The lowest BCUT2D eigenvalue weighted by Gasteiger charge is -2.25. The van der Waals surface area contributed by atoms with Crippen molar-refractivity contribution < 1.29 is 4.42 Å². The van der Waals surface area contributed by atoms with Gasteiger partial charge in [-0.15, -0.1) is 0 Å². The predicted octanol–water partition coefficient (Wildman–Crippen LogP) is 11.7. The van der Waals surface area contributed by atoms with Crippen LogP contribution in [-0.4, -0.2) is 11.4 Å². The Bertz CT molecular complexity index is 2580. The van der Waals surface area contributed by atoms with Gasteiger partial charge in [0.25, 0.3) is 0 Å². The van der Waals surface area contributed by atoms with Crippen molar-refractivity contribution in [3.05, 3.63) is 175 Å². The van der Waals surface area contributed by atoms with Crippen LogP contribution in [0.25, 0.3) is 49.9 Å². The first-order chi connectivity index (χ1) is 24.2. The molecule has 1 aliphatic rings. The molecule has 0 radical (unpaired) electrons. The zero-order valence-electron chi connectivity index (χ0n) is 26.5. The van der Waals surface area contributed by atoms with Gasteiger partial charge in [-0.25, -0.2) is 0 Å². The van der Waals surface area contributed by atoms with E-state index in [1.807, 2.05) is 66.7 Å². The van der Waals surface area contributed by atoms with Gasteiger partial charge in [-0.3, -0.25) is 10.8 Å². The topological polar surface area (TPSA) is 64.6 Å². The van der Waals surface area contributed by atoms with Crippen LogP contribution in [0.5, 0.6) is 0 Å². The van der Waals surface area contributed by atoms with E-state index >= 15 is 0 Å². The third-order valence-electron chi connectivity index (χ3n) is 9.14. The van der Waals surface area contributed by atoms with E-state index in [1.165, 1.54) is 0 Å². The number of anilines is 4. The first kappa shape index (κ1) is 28.5. The Morgan fingerprint density at radius 1 is 0.531 bits per heavy atom. The minimum absolute atomic E-state index is 0.375. The van der Waals surface area contributed by atoms with Crippen LogP contribution in [0.4, 0.5) is 22.7 Å². The van der Waals surface area contributed by atoms with Gasteiger partial charge in [0.15, 0.2) is 0 Å². The van der Waals surface area contributed by atoms with Crippen molar-refractivity contribution in [3.8, 4) is 11.1 Å². The number of fused-ring (bicyclic) bond motifs is 6. The molecule has 1 heterocycles.